The maximum Gasteiger partial charge on any atom is 0.326 e. The van der Waals surface area contributed by atoms with Gasteiger partial charge in [-0.2, -0.15) is 0 Å². The Labute approximate surface area is 120 Å². The third kappa shape index (κ3) is 5.00. The van der Waals surface area contributed by atoms with E-state index >= 15 is 0 Å². The van der Waals surface area contributed by atoms with Crippen LogP contribution < -0.4 is 5.32 Å². The first kappa shape index (κ1) is 16.8. The summed E-state index contributed by atoms with van der Waals surface area (Å²) in [5, 5.41) is 11.9. The highest BCUT2D eigenvalue weighted by atomic mass is 16.5. The first-order chi connectivity index (χ1) is 9.57. The number of nitrogens with one attached hydrogen (secondary N) is 1. The summed E-state index contributed by atoms with van der Waals surface area (Å²) in [7, 11) is 0. The predicted octanol–water partition coefficient (Wildman–Crippen LogP) is 1.70. The number of carboxylic acids is 1. The molecule has 20 heavy (non-hydrogen) atoms. The smallest absolute Gasteiger partial charge is 0.326 e. The second kappa shape index (κ2) is 8.79. The topological polar surface area (TPSA) is 78.9 Å². The zero-order valence-electron chi connectivity index (χ0n) is 12.4. The van der Waals surface area contributed by atoms with E-state index in [4.69, 9.17) is 9.84 Å². The molecule has 2 N–H and O–H groups in total. The van der Waals surface area contributed by atoms with E-state index in [9.17, 15) is 9.59 Å². The van der Waals surface area contributed by atoms with Crippen molar-refractivity contribution in [3.63, 3.8) is 0 Å². The molecule has 1 saturated heterocycles. The van der Waals surface area contributed by atoms with E-state index in [1.165, 1.54) is 4.90 Å². The number of rotatable bonds is 8. The monoisotopic (exact) mass is 286 g/mol. The van der Waals surface area contributed by atoms with Crippen LogP contribution in [0.25, 0.3) is 0 Å². The van der Waals surface area contributed by atoms with E-state index in [2.05, 4.69) is 12.2 Å². The molecule has 1 aliphatic heterocycles. The van der Waals surface area contributed by atoms with Crippen LogP contribution in [-0.4, -0.2) is 54.4 Å². The minimum atomic E-state index is -0.923. The van der Waals surface area contributed by atoms with Gasteiger partial charge in [-0.05, 0) is 25.2 Å². The van der Waals surface area contributed by atoms with E-state index in [-0.39, 0.29) is 11.9 Å². The summed E-state index contributed by atoms with van der Waals surface area (Å²) in [5.74, 6) is -0.913. The van der Waals surface area contributed by atoms with Gasteiger partial charge < -0.3 is 20.1 Å². The minimum Gasteiger partial charge on any atom is -0.480 e. The van der Waals surface area contributed by atoms with Crippen LogP contribution >= 0.6 is 0 Å². The zero-order chi connectivity index (χ0) is 15.0. The third-order valence-corrected chi connectivity index (χ3v) is 3.60. The van der Waals surface area contributed by atoms with E-state index in [1.807, 2.05) is 6.92 Å². The van der Waals surface area contributed by atoms with Crippen molar-refractivity contribution in [2.24, 2.45) is 5.92 Å². The molecule has 0 spiro atoms. The Hall–Kier alpha value is -1.30. The molecule has 1 fully saturated rings. The number of ether oxygens (including phenoxy) is 1. The molecule has 2 amide bonds. The molecule has 6 heteroatoms. The van der Waals surface area contributed by atoms with Crippen molar-refractivity contribution in [1.82, 2.24) is 10.2 Å². The van der Waals surface area contributed by atoms with Crippen molar-refractivity contribution in [3.8, 4) is 0 Å². The second-order valence-electron chi connectivity index (χ2n) is 5.29. The number of hydrogen-bond acceptors (Lipinski definition) is 3. The number of carbonyl (C=O) groups excluding carboxylic acids is 1. The molecule has 0 bridgehead atoms. The van der Waals surface area contributed by atoms with Crippen molar-refractivity contribution >= 4 is 12.0 Å². The van der Waals surface area contributed by atoms with Gasteiger partial charge in [-0.15, -0.1) is 0 Å². The van der Waals surface area contributed by atoms with Gasteiger partial charge in [0, 0.05) is 26.3 Å². The van der Waals surface area contributed by atoms with Crippen LogP contribution in [0, 0.1) is 5.92 Å². The van der Waals surface area contributed by atoms with Crippen molar-refractivity contribution in [3.05, 3.63) is 0 Å². The molecule has 0 aliphatic carbocycles. The third-order valence-electron chi connectivity index (χ3n) is 3.60. The lowest BCUT2D eigenvalue weighted by Gasteiger charge is -2.23. The van der Waals surface area contributed by atoms with E-state index in [1.54, 1.807) is 0 Å². The Balaban J connectivity index is 2.20. The number of carboxylic acid groups (broad SMARTS) is 1. The number of hydrogen-bond donors (Lipinski definition) is 2. The molecule has 0 aromatic carbocycles. The highest BCUT2D eigenvalue weighted by Gasteiger charge is 2.39. The van der Waals surface area contributed by atoms with E-state index in [0.717, 1.165) is 32.3 Å². The molecule has 1 aliphatic rings. The number of amides is 2. The van der Waals surface area contributed by atoms with Crippen LogP contribution in [0.5, 0.6) is 0 Å². The van der Waals surface area contributed by atoms with E-state index in [0.29, 0.717) is 19.7 Å². The fourth-order valence-corrected chi connectivity index (χ4v) is 2.37. The lowest BCUT2D eigenvalue weighted by Crippen LogP contribution is -2.47. The highest BCUT2D eigenvalue weighted by Crippen LogP contribution is 2.23. The SMILES string of the molecule is CCCCOCCCNC(=O)N1CCC(C)C1C(=O)O. The predicted molar refractivity (Wildman–Crippen MR) is 75.7 cm³/mol. The zero-order valence-corrected chi connectivity index (χ0v) is 12.4. The first-order valence-corrected chi connectivity index (χ1v) is 7.43. The number of carbonyl (C=O) groups is 2. The molecular weight excluding hydrogens is 260 g/mol. The molecule has 6 nitrogen and oxygen atoms in total. The fraction of sp³-hybridized carbons (Fsp3) is 0.857. The molecule has 2 atom stereocenters. The first-order valence-electron chi connectivity index (χ1n) is 7.43. The average Bonchev–Trinajstić information content (AvgIpc) is 2.79. The van der Waals surface area contributed by atoms with E-state index < -0.39 is 12.0 Å². The molecule has 1 heterocycles. The molecule has 0 radical (unpaired) electrons. The summed E-state index contributed by atoms with van der Waals surface area (Å²) in [6.45, 7) is 6.39. The number of nitrogens with zero attached hydrogens (tertiary/aromatic N) is 1. The van der Waals surface area contributed by atoms with Crippen LogP contribution in [0.4, 0.5) is 4.79 Å². The lowest BCUT2D eigenvalue weighted by atomic mass is 10.0. The maximum absolute atomic E-state index is 12.0. The van der Waals surface area contributed by atoms with Gasteiger partial charge in [0.15, 0.2) is 0 Å². The Kier molecular flexibility index (Phi) is 7.36. The van der Waals surface area contributed by atoms with Gasteiger partial charge in [-0.25, -0.2) is 9.59 Å². The Morgan fingerprint density at radius 3 is 2.70 bits per heavy atom. The van der Waals surface area contributed by atoms with Gasteiger partial charge in [-0.3, -0.25) is 0 Å². The van der Waals surface area contributed by atoms with Crippen LogP contribution in [0.1, 0.15) is 39.5 Å². The van der Waals surface area contributed by atoms with Crippen LogP contribution in [-0.2, 0) is 9.53 Å². The Morgan fingerprint density at radius 1 is 1.35 bits per heavy atom. The summed E-state index contributed by atoms with van der Waals surface area (Å²) in [6, 6.07) is -0.980. The number of likely N-dealkylation sites (tertiary alicyclic amines) is 1. The fourth-order valence-electron chi connectivity index (χ4n) is 2.37. The summed E-state index contributed by atoms with van der Waals surface area (Å²) < 4.78 is 5.40. The van der Waals surface area contributed by atoms with Gasteiger partial charge in [0.05, 0.1) is 0 Å². The van der Waals surface area contributed by atoms with Crippen molar-refractivity contribution < 1.29 is 19.4 Å². The van der Waals surface area contributed by atoms with Gasteiger partial charge in [-0.1, -0.05) is 20.3 Å². The van der Waals surface area contributed by atoms with Crippen molar-refractivity contribution in [2.75, 3.05) is 26.3 Å². The second-order valence-corrected chi connectivity index (χ2v) is 5.29. The van der Waals surface area contributed by atoms with Crippen molar-refractivity contribution in [1.29, 1.82) is 0 Å². The maximum atomic E-state index is 12.0. The minimum absolute atomic E-state index is 0.00984. The largest absolute Gasteiger partial charge is 0.480 e. The summed E-state index contributed by atoms with van der Waals surface area (Å²) in [5.41, 5.74) is 0. The Bertz CT molecular complexity index is 322. The standard InChI is InChI=1S/C14H26N2O4/c1-3-4-9-20-10-5-7-15-14(19)16-8-6-11(2)12(16)13(17)18/h11-12H,3-10H2,1-2H3,(H,15,19)(H,17,18). The van der Waals surface area contributed by atoms with Crippen LogP contribution in [0.2, 0.25) is 0 Å². The van der Waals surface area contributed by atoms with Gasteiger partial charge in [0.2, 0.25) is 0 Å². The molecule has 0 aromatic rings. The number of aliphatic carboxylic acids is 1. The van der Waals surface area contributed by atoms with Gasteiger partial charge in [0.1, 0.15) is 6.04 Å². The number of unbranched alkanes of at least 4 members (excludes halogenated alkanes) is 1. The molecule has 0 saturated carbocycles. The summed E-state index contributed by atoms with van der Waals surface area (Å²) in [4.78, 5) is 24.5. The van der Waals surface area contributed by atoms with Gasteiger partial charge >= 0.3 is 12.0 Å². The van der Waals surface area contributed by atoms with Gasteiger partial charge in [0.25, 0.3) is 0 Å². The average molecular weight is 286 g/mol. The number of urea groups is 1. The highest BCUT2D eigenvalue weighted by molar-refractivity contribution is 5.83. The van der Waals surface area contributed by atoms with Crippen molar-refractivity contribution in [2.45, 2.75) is 45.6 Å². The molecule has 2 unspecified atom stereocenters. The lowest BCUT2D eigenvalue weighted by molar-refractivity contribution is -0.142. The molecular formula is C14H26N2O4. The summed E-state index contributed by atoms with van der Waals surface area (Å²) in [6.07, 6.45) is 3.65. The van der Waals surface area contributed by atoms with Crippen LogP contribution in [0.3, 0.4) is 0 Å². The summed E-state index contributed by atoms with van der Waals surface area (Å²) >= 11 is 0. The molecule has 116 valence electrons. The Morgan fingerprint density at radius 2 is 2.05 bits per heavy atom. The molecule has 1 rings (SSSR count). The quantitative estimate of drug-likeness (QED) is 0.666. The van der Waals surface area contributed by atoms with Crippen LogP contribution in [0.15, 0.2) is 0 Å². The molecule has 0 aromatic heterocycles. The normalized spacial score (nSPS) is 22.0.